The molecule has 3 fully saturated rings. The molecule has 3 atom stereocenters. The molecule has 3 unspecified atom stereocenters. The van der Waals surface area contributed by atoms with E-state index < -0.39 is 23.8 Å². The number of benzene rings is 1. The highest BCUT2D eigenvalue weighted by Crippen LogP contribution is 2.29. The van der Waals surface area contributed by atoms with E-state index in [-0.39, 0.29) is 24.9 Å². The van der Waals surface area contributed by atoms with Crippen molar-refractivity contribution >= 4 is 23.6 Å². The molecule has 152 valence electrons. The van der Waals surface area contributed by atoms with Crippen LogP contribution in [0.4, 0.5) is 0 Å². The van der Waals surface area contributed by atoms with E-state index >= 15 is 0 Å². The number of amides is 4. The summed E-state index contributed by atoms with van der Waals surface area (Å²) in [5.74, 6) is -1.92. The van der Waals surface area contributed by atoms with Crippen LogP contribution in [0.25, 0.3) is 0 Å². The number of nitrogens with one attached hydrogen (secondary N) is 2. The molecule has 4 aliphatic heterocycles. The van der Waals surface area contributed by atoms with Gasteiger partial charge in [0.1, 0.15) is 6.04 Å². The second-order valence-electron chi connectivity index (χ2n) is 7.99. The summed E-state index contributed by atoms with van der Waals surface area (Å²) in [6.45, 7) is 3.94. The van der Waals surface area contributed by atoms with Crippen LogP contribution < -0.4 is 10.6 Å². The molecule has 0 radical (unpaired) electrons. The van der Waals surface area contributed by atoms with E-state index in [1.165, 1.54) is 0 Å². The number of hydrogen-bond donors (Lipinski definition) is 2. The van der Waals surface area contributed by atoms with Crippen LogP contribution in [-0.4, -0.2) is 77.9 Å². The molecule has 4 heterocycles. The molecule has 2 N–H and O–H groups in total. The van der Waals surface area contributed by atoms with E-state index in [0.29, 0.717) is 23.7 Å². The van der Waals surface area contributed by atoms with Gasteiger partial charge in [0, 0.05) is 38.6 Å². The Balaban J connectivity index is 1.33. The molecule has 29 heavy (non-hydrogen) atoms. The Morgan fingerprint density at radius 3 is 2.69 bits per heavy atom. The molecule has 4 aliphatic rings. The van der Waals surface area contributed by atoms with Gasteiger partial charge in [-0.2, -0.15) is 0 Å². The Morgan fingerprint density at radius 1 is 1.07 bits per heavy atom. The van der Waals surface area contributed by atoms with E-state index in [9.17, 15) is 19.2 Å². The number of morpholine rings is 1. The fraction of sp³-hybridized carbons (Fsp3) is 0.500. The maximum Gasteiger partial charge on any atom is 0.262 e. The molecule has 3 saturated heterocycles. The minimum atomic E-state index is -0.937. The lowest BCUT2D eigenvalue weighted by Gasteiger charge is -2.27. The molecule has 0 saturated carbocycles. The maximum absolute atomic E-state index is 12.9. The molecular formula is C20H22N4O5. The average Bonchev–Trinajstić information content (AvgIpc) is 3.21. The molecule has 1 aromatic rings. The highest BCUT2D eigenvalue weighted by Gasteiger charge is 2.44. The van der Waals surface area contributed by atoms with E-state index in [1.807, 2.05) is 6.07 Å². The van der Waals surface area contributed by atoms with Gasteiger partial charge in [0.25, 0.3) is 11.8 Å². The summed E-state index contributed by atoms with van der Waals surface area (Å²) in [4.78, 5) is 52.5. The van der Waals surface area contributed by atoms with E-state index in [1.54, 1.807) is 12.1 Å². The second-order valence-corrected chi connectivity index (χ2v) is 7.99. The minimum Gasteiger partial charge on any atom is -0.374 e. The zero-order chi connectivity index (χ0) is 20.1. The Hall–Kier alpha value is -2.62. The largest absolute Gasteiger partial charge is 0.374 e. The van der Waals surface area contributed by atoms with Crippen molar-refractivity contribution in [2.45, 2.75) is 37.6 Å². The van der Waals surface area contributed by atoms with E-state index in [4.69, 9.17) is 4.74 Å². The van der Waals surface area contributed by atoms with Crippen molar-refractivity contribution in [3.63, 3.8) is 0 Å². The number of nitrogens with zero attached hydrogens (tertiary/aromatic N) is 2. The monoisotopic (exact) mass is 398 g/mol. The number of rotatable bonds is 3. The zero-order valence-electron chi connectivity index (χ0n) is 15.8. The first-order valence-electron chi connectivity index (χ1n) is 9.93. The third-order valence-corrected chi connectivity index (χ3v) is 6.09. The molecular weight excluding hydrogens is 376 g/mol. The molecule has 5 rings (SSSR count). The third-order valence-electron chi connectivity index (χ3n) is 6.09. The quantitative estimate of drug-likeness (QED) is 0.646. The molecule has 0 bridgehead atoms. The summed E-state index contributed by atoms with van der Waals surface area (Å²) in [6.07, 6.45) is 0.457. The normalized spacial score (nSPS) is 29.8. The number of hydrogen-bond acceptors (Lipinski definition) is 7. The van der Waals surface area contributed by atoms with Crippen LogP contribution in [0.3, 0.4) is 0 Å². The van der Waals surface area contributed by atoms with Crippen molar-refractivity contribution in [1.29, 1.82) is 0 Å². The lowest BCUT2D eigenvalue weighted by molar-refractivity contribution is -0.136. The van der Waals surface area contributed by atoms with Crippen LogP contribution in [0.5, 0.6) is 0 Å². The van der Waals surface area contributed by atoms with Gasteiger partial charge in [0.2, 0.25) is 11.8 Å². The summed E-state index contributed by atoms with van der Waals surface area (Å²) < 4.78 is 5.80. The topological polar surface area (TPSA) is 108 Å². The number of ether oxygens (including phenoxy) is 1. The average molecular weight is 398 g/mol. The molecule has 0 spiro atoms. The number of fused-ring (bicyclic) bond motifs is 2. The first-order valence-corrected chi connectivity index (χ1v) is 9.93. The lowest BCUT2D eigenvalue weighted by atomic mass is 10.0. The zero-order valence-corrected chi connectivity index (χ0v) is 15.8. The van der Waals surface area contributed by atoms with Crippen molar-refractivity contribution in [3.8, 4) is 0 Å². The SMILES string of the molecule is O=C1CCC(N2C(=O)c3ccc(CN4CC5NCCOC5C4)cc3C2=O)C(=O)N1. The van der Waals surface area contributed by atoms with Gasteiger partial charge < -0.3 is 10.1 Å². The Labute approximate surface area is 167 Å². The summed E-state index contributed by atoms with van der Waals surface area (Å²) in [5.41, 5.74) is 1.57. The standard InChI is InChI=1S/C20H22N4O5/c25-17-4-3-15(18(26)22-17)24-19(27)12-2-1-11(7-13(12)20(24)28)8-23-9-14-16(10-23)29-6-5-21-14/h1-2,7,14-16,21H,3-6,8-10H2,(H,22,25,26). The fourth-order valence-corrected chi connectivity index (χ4v) is 4.68. The van der Waals surface area contributed by atoms with Gasteiger partial charge in [-0.15, -0.1) is 0 Å². The van der Waals surface area contributed by atoms with Crippen LogP contribution in [0.15, 0.2) is 18.2 Å². The molecule has 9 nitrogen and oxygen atoms in total. The van der Waals surface area contributed by atoms with Crippen LogP contribution in [0.1, 0.15) is 39.1 Å². The molecule has 0 aliphatic carbocycles. The van der Waals surface area contributed by atoms with Gasteiger partial charge in [0.15, 0.2) is 0 Å². The number of likely N-dealkylation sites (tertiary alicyclic amines) is 1. The molecule has 0 aromatic heterocycles. The Kier molecular flexibility index (Phi) is 4.45. The van der Waals surface area contributed by atoms with Gasteiger partial charge in [-0.05, 0) is 24.1 Å². The summed E-state index contributed by atoms with van der Waals surface area (Å²) in [6, 6.07) is 4.65. The van der Waals surface area contributed by atoms with Gasteiger partial charge in [-0.1, -0.05) is 6.07 Å². The lowest BCUT2D eigenvalue weighted by Crippen LogP contribution is -2.54. The minimum absolute atomic E-state index is 0.114. The smallest absolute Gasteiger partial charge is 0.262 e. The number of piperidine rings is 1. The molecule has 4 amide bonds. The van der Waals surface area contributed by atoms with Crippen LogP contribution >= 0.6 is 0 Å². The summed E-state index contributed by atoms with van der Waals surface area (Å²) >= 11 is 0. The van der Waals surface area contributed by atoms with Gasteiger partial charge >= 0.3 is 0 Å². The molecule has 1 aromatic carbocycles. The summed E-state index contributed by atoms with van der Waals surface area (Å²) in [7, 11) is 0. The maximum atomic E-state index is 12.9. The fourth-order valence-electron chi connectivity index (χ4n) is 4.68. The van der Waals surface area contributed by atoms with Crippen molar-refractivity contribution in [2.24, 2.45) is 0 Å². The van der Waals surface area contributed by atoms with Crippen LogP contribution in [0.2, 0.25) is 0 Å². The van der Waals surface area contributed by atoms with Crippen LogP contribution in [0, 0.1) is 0 Å². The molecule has 9 heteroatoms. The van der Waals surface area contributed by atoms with Crippen molar-refractivity contribution < 1.29 is 23.9 Å². The van der Waals surface area contributed by atoms with E-state index in [2.05, 4.69) is 15.5 Å². The van der Waals surface area contributed by atoms with E-state index in [0.717, 1.165) is 36.7 Å². The highest BCUT2D eigenvalue weighted by molar-refractivity contribution is 6.23. The number of imide groups is 2. The first-order chi connectivity index (χ1) is 14.0. The predicted molar refractivity (Wildman–Crippen MR) is 99.9 cm³/mol. The van der Waals surface area contributed by atoms with Crippen molar-refractivity contribution in [3.05, 3.63) is 34.9 Å². The van der Waals surface area contributed by atoms with Crippen molar-refractivity contribution in [1.82, 2.24) is 20.4 Å². The third kappa shape index (κ3) is 3.15. The second kappa shape index (κ2) is 7.01. The van der Waals surface area contributed by atoms with Crippen LogP contribution in [-0.2, 0) is 20.9 Å². The highest BCUT2D eigenvalue weighted by atomic mass is 16.5. The first kappa shape index (κ1) is 18.4. The summed E-state index contributed by atoms with van der Waals surface area (Å²) in [5, 5.41) is 5.68. The Bertz CT molecular complexity index is 902. The number of carbonyl (C=O) groups is 4. The van der Waals surface area contributed by atoms with Crippen molar-refractivity contribution in [2.75, 3.05) is 26.2 Å². The predicted octanol–water partition coefficient (Wildman–Crippen LogP) is -0.740. The van der Waals surface area contributed by atoms with Gasteiger partial charge in [0.05, 0.1) is 23.8 Å². The Morgan fingerprint density at radius 2 is 1.90 bits per heavy atom. The van der Waals surface area contributed by atoms with Gasteiger partial charge in [-0.3, -0.25) is 34.3 Å². The van der Waals surface area contributed by atoms with Gasteiger partial charge in [-0.25, -0.2) is 0 Å². The number of carbonyl (C=O) groups excluding carboxylic acids is 4.